The van der Waals surface area contributed by atoms with Crippen LogP contribution in [-0.4, -0.2) is 51.9 Å². The highest BCUT2D eigenvalue weighted by molar-refractivity contribution is 7.92. The number of benzene rings is 3. The number of carbonyl (C=O) groups is 2. The largest absolute Gasteiger partial charge is 0.497 e. The highest BCUT2D eigenvalue weighted by Gasteiger charge is 2.32. The van der Waals surface area contributed by atoms with Gasteiger partial charge in [0.25, 0.3) is 10.0 Å². The third-order valence-corrected chi connectivity index (χ3v) is 8.40. The third kappa shape index (κ3) is 6.91. The van der Waals surface area contributed by atoms with Crippen LogP contribution in [0, 0.1) is 0 Å². The molecule has 0 aromatic heterocycles. The maximum atomic E-state index is 13.8. The lowest BCUT2D eigenvalue weighted by molar-refractivity contribution is -0.139. The third-order valence-electron chi connectivity index (χ3n) is 5.79. The summed E-state index contributed by atoms with van der Waals surface area (Å²) in [6.07, 6.45) is 0. The van der Waals surface area contributed by atoms with Crippen LogP contribution in [0.5, 0.6) is 5.75 Å². The number of rotatable bonds is 10. The number of likely N-dealkylation sites (N-methyl/N-ethyl adjacent to an activating group) is 1. The number of anilines is 1. The molecule has 0 aliphatic heterocycles. The molecule has 0 aliphatic rings. The number of nitrogens with one attached hydrogen (secondary N) is 1. The molecule has 3 aromatic carbocycles. The van der Waals surface area contributed by atoms with Crippen molar-refractivity contribution in [3.8, 4) is 5.75 Å². The fourth-order valence-corrected chi connectivity index (χ4v) is 5.72. The smallest absolute Gasteiger partial charge is 0.264 e. The van der Waals surface area contributed by atoms with E-state index in [9.17, 15) is 18.0 Å². The Morgan fingerprint density at radius 2 is 1.63 bits per heavy atom. The second kappa shape index (κ2) is 12.7. The van der Waals surface area contributed by atoms with Gasteiger partial charge in [-0.1, -0.05) is 46.9 Å². The van der Waals surface area contributed by atoms with E-state index in [4.69, 9.17) is 39.5 Å². The Kier molecular flexibility index (Phi) is 9.89. The van der Waals surface area contributed by atoms with Crippen LogP contribution in [0.3, 0.4) is 0 Å². The Morgan fingerprint density at radius 3 is 2.21 bits per heavy atom. The second-order valence-electron chi connectivity index (χ2n) is 8.21. The molecule has 12 heteroatoms. The number of sulfonamides is 1. The van der Waals surface area contributed by atoms with Crippen LogP contribution in [0.15, 0.2) is 71.6 Å². The van der Waals surface area contributed by atoms with Crippen LogP contribution in [0.25, 0.3) is 0 Å². The van der Waals surface area contributed by atoms with Gasteiger partial charge in [-0.3, -0.25) is 13.9 Å². The summed E-state index contributed by atoms with van der Waals surface area (Å²) in [4.78, 5) is 27.5. The van der Waals surface area contributed by atoms with Gasteiger partial charge in [0.15, 0.2) is 0 Å². The van der Waals surface area contributed by atoms with Gasteiger partial charge in [0, 0.05) is 28.7 Å². The summed E-state index contributed by atoms with van der Waals surface area (Å²) in [6, 6.07) is 15.8. The van der Waals surface area contributed by atoms with E-state index < -0.39 is 34.4 Å². The number of nitrogens with zero attached hydrogens (tertiary/aromatic N) is 2. The first-order valence-electron chi connectivity index (χ1n) is 11.3. The molecule has 0 unspecified atom stereocenters. The molecule has 1 N–H and O–H groups in total. The van der Waals surface area contributed by atoms with Gasteiger partial charge in [0.05, 0.1) is 17.7 Å². The number of halogens is 3. The zero-order chi connectivity index (χ0) is 28.0. The van der Waals surface area contributed by atoms with E-state index in [0.29, 0.717) is 21.4 Å². The topological polar surface area (TPSA) is 96.0 Å². The van der Waals surface area contributed by atoms with E-state index in [1.807, 2.05) is 0 Å². The van der Waals surface area contributed by atoms with Crippen molar-refractivity contribution >= 4 is 62.3 Å². The van der Waals surface area contributed by atoms with Crippen molar-refractivity contribution in [3.05, 3.63) is 87.4 Å². The standard InChI is InChI=1S/C26H26Cl3N3O5S/c1-17(26(34)30-2)31(15-18-7-8-20(28)14-24(18)29)25(33)16-32(21-6-4-5-19(27)13-21)38(35,36)23-11-9-22(37-3)10-12-23/h4-14,17H,15-16H2,1-3H3,(H,30,34)/t17-/m1/s1. The van der Waals surface area contributed by atoms with Gasteiger partial charge in [0.1, 0.15) is 18.3 Å². The summed E-state index contributed by atoms with van der Waals surface area (Å²) in [5.41, 5.74) is 0.714. The first kappa shape index (κ1) is 29.6. The summed E-state index contributed by atoms with van der Waals surface area (Å²) in [5, 5.41) is 3.52. The number of carbonyl (C=O) groups excluding carboxylic acids is 2. The predicted molar refractivity (Wildman–Crippen MR) is 150 cm³/mol. The molecule has 3 aromatic rings. The van der Waals surface area contributed by atoms with E-state index in [-0.39, 0.29) is 22.2 Å². The Balaban J connectivity index is 2.05. The minimum atomic E-state index is -4.24. The number of amides is 2. The summed E-state index contributed by atoms with van der Waals surface area (Å²) in [5.74, 6) is -0.598. The average molecular weight is 599 g/mol. The minimum Gasteiger partial charge on any atom is -0.497 e. The Bertz CT molecular complexity index is 1420. The Labute approximate surface area is 237 Å². The molecule has 0 bridgehead atoms. The molecular formula is C26H26Cl3N3O5S. The highest BCUT2D eigenvalue weighted by atomic mass is 35.5. The average Bonchev–Trinajstić information content (AvgIpc) is 2.90. The lowest BCUT2D eigenvalue weighted by atomic mass is 10.1. The predicted octanol–water partition coefficient (Wildman–Crippen LogP) is 5.01. The van der Waals surface area contributed by atoms with Crippen LogP contribution < -0.4 is 14.4 Å². The van der Waals surface area contributed by atoms with Crippen molar-refractivity contribution in [2.45, 2.75) is 24.4 Å². The monoisotopic (exact) mass is 597 g/mol. The highest BCUT2D eigenvalue weighted by Crippen LogP contribution is 2.28. The van der Waals surface area contributed by atoms with Crippen molar-refractivity contribution in [1.29, 1.82) is 0 Å². The fraction of sp³-hybridized carbons (Fsp3) is 0.231. The summed E-state index contributed by atoms with van der Waals surface area (Å²) >= 11 is 18.5. The van der Waals surface area contributed by atoms with E-state index in [2.05, 4.69) is 5.32 Å². The van der Waals surface area contributed by atoms with Crippen molar-refractivity contribution in [2.75, 3.05) is 25.0 Å². The van der Waals surface area contributed by atoms with Crippen molar-refractivity contribution in [1.82, 2.24) is 10.2 Å². The number of methoxy groups -OCH3 is 1. The molecule has 0 aliphatic carbocycles. The van der Waals surface area contributed by atoms with E-state index in [0.717, 1.165) is 4.31 Å². The number of ether oxygens (including phenoxy) is 1. The van der Waals surface area contributed by atoms with Gasteiger partial charge in [-0.25, -0.2) is 8.42 Å². The van der Waals surface area contributed by atoms with Gasteiger partial charge in [-0.15, -0.1) is 0 Å². The molecule has 8 nitrogen and oxygen atoms in total. The van der Waals surface area contributed by atoms with Gasteiger partial charge >= 0.3 is 0 Å². The molecule has 0 saturated heterocycles. The quantitative estimate of drug-likeness (QED) is 0.354. The SMILES string of the molecule is CNC(=O)[C@@H](C)N(Cc1ccc(Cl)cc1Cl)C(=O)CN(c1cccc(Cl)c1)S(=O)(=O)c1ccc(OC)cc1. The Morgan fingerprint density at radius 1 is 0.974 bits per heavy atom. The van der Waals surface area contributed by atoms with Crippen molar-refractivity contribution in [2.24, 2.45) is 0 Å². The lowest BCUT2D eigenvalue weighted by Crippen LogP contribution is -2.50. The van der Waals surface area contributed by atoms with Crippen LogP contribution in [-0.2, 0) is 26.2 Å². The second-order valence-corrected chi connectivity index (χ2v) is 11.4. The number of hydrogen-bond acceptors (Lipinski definition) is 5. The van der Waals surface area contributed by atoms with E-state index in [1.165, 1.54) is 61.5 Å². The number of hydrogen-bond donors (Lipinski definition) is 1. The molecule has 0 fully saturated rings. The lowest BCUT2D eigenvalue weighted by Gasteiger charge is -2.32. The van der Waals surface area contributed by atoms with Crippen LogP contribution in [0.2, 0.25) is 15.1 Å². The summed E-state index contributed by atoms with van der Waals surface area (Å²) in [6.45, 7) is 0.874. The van der Waals surface area contributed by atoms with Gasteiger partial charge in [-0.05, 0) is 67.1 Å². The fourth-order valence-electron chi connectivity index (χ4n) is 3.66. The first-order chi connectivity index (χ1) is 18.0. The molecule has 1 atom stereocenters. The molecule has 0 radical (unpaired) electrons. The molecule has 0 saturated carbocycles. The first-order valence-corrected chi connectivity index (χ1v) is 13.9. The maximum absolute atomic E-state index is 13.8. The molecule has 2 amide bonds. The van der Waals surface area contributed by atoms with Crippen LogP contribution in [0.1, 0.15) is 12.5 Å². The van der Waals surface area contributed by atoms with Gasteiger partial charge in [0.2, 0.25) is 11.8 Å². The van der Waals surface area contributed by atoms with Crippen LogP contribution in [0.4, 0.5) is 5.69 Å². The maximum Gasteiger partial charge on any atom is 0.264 e. The molecule has 3 rings (SSSR count). The zero-order valence-electron chi connectivity index (χ0n) is 20.8. The Hall–Kier alpha value is -2.98. The van der Waals surface area contributed by atoms with Gasteiger partial charge < -0.3 is 15.0 Å². The van der Waals surface area contributed by atoms with E-state index >= 15 is 0 Å². The molecule has 38 heavy (non-hydrogen) atoms. The van der Waals surface area contributed by atoms with E-state index in [1.54, 1.807) is 31.2 Å². The molecular weight excluding hydrogens is 573 g/mol. The molecule has 202 valence electrons. The minimum absolute atomic E-state index is 0.0577. The van der Waals surface area contributed by atoms with Crippen molar-refractivity contribution < 1.29 is 22.7 Å². The summed E-state index contributed by atoms with van der Waals surface area (Å²) < 4.78 is 33.6. The molecule has 0 heterocycles. The summed E-state index contributed by atoms with van der Waals surface area (Å²) in [7, 11) is -1.32. The van der Waals surface area contributed by atoms with Crippen molar-refractivity contribution in [3.63, 3.8) is 0 Å². The van der Waals surface area contributed by atoms with Crippen LogP contribution >= 0.6 is 34.8 Å². The zero-order valence-corrected chi connectivity index (χ0v) is 23.9. The molecule has 0 spiro atoms. The van der Waals surface area contributed by atoms with Gasteiger partial charge in [-0.2, -0.15) is 0 Å². The normalized spacial score (nSPS) is 11.9.